The van der Waals surface area contributed by atoms with Crippen molar-refractivity contribution in [3.05, 3.63) is 83.5 Å². The lowest BCUT2D eigenvalue weighted by molar-refractivity contribution is -0.126. The van der Waals surface area contributed by atoms with Crippen LogP contribution in [0.2, 0.25) is 0 Å². The molecule has 0 atom stereocenters. The van der Waals surface area contributed by atoms with Crippen molar-refractivity contribution < 1.29 is 72.0 Å². The summed E-state index contributed by atoms with van der Waals surface area (Å²) in [4.78, 5) is 71.8. The molecule has 29 heteroatoms. The molecule has 6 heterocycles. The first-order valence-electron chi connectivity index (χ1n) is 31.3. The van der Waals surface area contributed by atoms with Gasteiger partial charge in [0.2, 0.25) is 5.82 Å². The Morgan fingerprint density at radius 2 is 1.34 bits per heavy atom. The van der Waals surface area contributed by atoms with Crippen molar-refractivity contribution in [2.45, 2.75) is 58.2 Å². The van der Waals surface area contributed by atoms with Gasteiger partial charge in [-0.15, -0.1) is 10.2 Å². The van der Waals surface area contributed by atoms with Gasteiger partial charge in [0.15, 0.2) is 5.82 Å². The largest absolute Gasteiger partial charge is 0.494 e. The Balaban J connectivity index is 0.688. The molecule has 0 saturated carbocycles. The van der Waals surface area contributed by atoms with Crippen LogP contribution in [0, 0.1) is 11.3 Å². The number of carbonyl (C=O) groups is 4. The van der Waals surface area contributed by atoms with Gasteiger partial charge in [0.25, 0.3) is 17.6 Å². The molecule has 1 aromatic carbocycles. The second-order valence-corrected chi connectivity index (χ2v) is 21.7. The third-order valence-corrected chi connectivity index (χ3v) is 15.4. The molecule has 4 aromatic heterocycles. The lowest BCUT2D eigenvalue weighted by Gasteiger charge is -2.37. The summed E-state index contributed by atoms with van der Waals surface area (Å²) in [7, 11) is 1.44. The average molecular weight is 1270 g/mol. The van der Waals surface area contributed by atoms with E-state index in [9.17, 15) is 34.7 Å². The van der Waals surface area contributed by atoms with E-state index in [-0.39, 0.29) is 55.0 Å². The van der Waals surface area contributed by atoms with Crippen molar-refractivity contribution in [3.8, 4) is 17.6 Å². The Labute approximate surface area is 530 Å². The number of benzene rings is 1. The number of likely N-dealkylation sites (tertiary alicyclic amines) is 1. The van der Waals surface area contributed by atoms with Crippen molar-refractivity contribution >= 4 is 39.9 Å². The monoisotopic (exact) mass is 1270 g/mol. The Morgan fingerprint density at radius 1 is 0.736 bits per heavy atom. The summed E-state index contributed by atoms with van der Waals surface area (Å²) < 4.78 is 53.3. The number of hydrogen-bond acceptors (Lipinski definition) is 24. The van der Waals surface area contributed by atoms with E-state index in [1.165, 1.54) is 35.4 Å². The molecule has 2 aliphatic heterocycles. The van der Waals surface area contributed by atoms with E-state index in [2.05, 4.69) is 56.4 Å². The first kappa shape index (κ1) is 71.4. The number of fused-ring (bicyclic) bond motifs is 1. The van der Waals surface area contributed by atoms with Crippen molar-refractivity contribution in [1.29, 1.82) is 5.26 Å². The van der Waals surface area contributed by atoms with E-state index in [4.69, 9.17) is 42.6 Å². The number of H-pyrrole nitrogens is 1. The number of aliphatic hydroxyl groups is 2. The van der Waals surface area contributed by atoms with E-state index < -0.39 is 23.6 Å². The molecule has 0 bridgehead atoms. The molecule has 0 aliphatic carbocycles. The topological polar surface area (TPSA) is 331 Å². The molecule has 29 nitrogen and oxygen atoms in total. The molecule has 2 aliphatic rings. The van der Waals surface area contributed by atoms with Crippen molar-refractivity contribution in [2.75, 3.05) is 191 Å². The van der Waals surface area contributed by atoms with Crippen LogP contribution in [0.4, 0.5) is 0 Å². The zero-order chi connectivity index (χ0) is 64.3. The third-order valence-electron chi connectivity index (χ3n) is 15.4. The highest BCUT2D eigenvalue weighted by molar-refractivity contribution is 6.45. The number of pyridine rings is 1. The van der Waals surface area contributed by atoms with Crippen LogP contribution in [-0.4, -0.2) is 290 Å². The number of ketones is 2. The van der Waals surface area contributed by atoms with E-state index in [1.54, 1.807) is 11.6 Å². The number of aliphatic hydroxyl groups excluding tert-OH is 2. The average Bonchev–Trinajstić information content (AvgIpc) is 1.69. The first-order chi connectivity index (χ1) is 44.6. The molecule has 2 amide bonds. The maximum Gasteiger partial charge on any atom is 0.295 e. The first-order valence-corrected chi connectivity index (χ1v) is 31.3. The van der Waals surface area contributed by atoms with Gasteiger partial charge in [0, 0.05) is 78.1 Å². The highest BCUT2D eigenvalue weighted by Crippen LogP contribution is 2.33. The number of hydrogen-bond donors (Lipinski definition) is 4. The standard InChI is InChI=1S/C62H90N14O15/c1-48(79)12-25-84-28-31-87-34-35-89-33-30-86-27-24-75-43-51(68-70-75)46-91-39-38-90-37-36-88-32-29-85-26-23-72-19-17-71(18-20-72)21-22-73(52(44-77)45-78)14-7-6-13-64-61(81)59-67-47-76(69-59)60-57-56(55(83-2)42-66-60)54(41-65-57)58(80)62(82)74-15-10-50(11-16-74)53(40-63)49-8-4-3-5-9-49/h3-5,8-9,41-43,47,52,65,77-78H,6-7,10-39,44-46H2,1-2H3,(H,64,81). The number of carbonyl (C=O) groups excluding carboxylic acids is 4. The molecule has 498 valence electrons. The van der Waals surface area contributed by atoms with Gasteiger partial charge < -0.3 is 68.0 Å². The predicted octanol–water partition coefficient (Wildman–Crippen LogP) is 1.62. The molecular weight excluding hydrogens is 1180 g/mol. The van der Waals surface area contributed by atoms with Gasteiger partial charge in [-0.05, 0) is 50.3 Å². The van der Waals surface area contributed by atoms with Crippen LogP contribution < -0.4 is 10.1 Å². The summed E-state index contributed by atoms with van der Waals surface area (Å²) in [5.41, 5.74) is 3.53. The number of aromatic nitrogens is 8. The number of methoxy groups -OCH3 is 1. The number of ether oxygens (including phenoxy) is 9. The van der Waals surface area contributed by atoms with E-state index in [0.29, 0.717) is 180 Å². The maximum absolute atomic E-state index is 13.8. The maximum atomic E-state index is 13.8. The number of nitrogens with zero attached hydrogens (tertiary/aromatic N) is 12. The minimum absolute atomic E-state index is 0.0931. The number of unbranched alkanes of at least 4 members (excludes halogenated alkanes) is 1. The van der Waals surface area contributed by atoms with Gasteiger partial charge >= 0.3 is 0 Å². The fourth-order valence-corrected chi connectivity index (χ4v) is 10.2. The highest BCUT2D eigenvalue weighted by atomic mass is 16.6. The van der Waals surface area contributed by atoms with Gasteiger partial charge in [-0.25, -0.2) is 14.6 Å². The zero-order valence-corrected chi connectivity index (χ0v) is 52.6. The number of piperidine rings is 1. The second-order valence-electron chi connectivity index (χ2n) is 21.7. The number of piperazine rings is 1. The normalized spacial score (nSPS) is 14.0. The molecule has 2 fully saturated rings. The lowest BCUT2D eigenvalue weighted by Crippen LogP contribution is -2.51. The van der Waals surface area contributed by atoms with E-state index >= 15 is 0 Å². The summed E-state index contributed by atoms with van der Waals surface area (Å²) in [5, 5.41) is 46.0. The number of allylic oxidation sites excluding steroid dienone is 1. The number of rotatable bonds is 46. The molecule has 0 radical (unpaired) electrons. The fourth-order valence-electron chi connectivity index (χ4n) is 10.2. The van der Waals surface area contributed by atoms with Gasteiger partial charge in [-0.3, -0.25) is 33.9 Å². The number of amides is 2. The van der Waals surface area contributed by atoms with Crippen molar-refractivity contribution in [2.24, 2.45) is 0 Å². The zero-order valence-electron chi connectivity index (χ0n) is 52.6. The highest BCUT2D eigenvalue weighted by Gasteiger charge is 2.31. The van der Waals surface area contributed by atoms with E-state index in [0.717, 1.165) is 56.1 Å². The van der Waals surface area contributed by atoms with E-state index in [1.807, 2.05) is 36.5 Å². The van der Waals surface area contributed by atoms with Gasteiger partial charge in [0.1, 0.15) is 23.6 Å². The van der Waals surface area contributed by atoms with Crippen LogP contribution in [0.3, 0.4) is 0 Å². The van der Waals surface area contributed by atoms with Crippen LogP contribution in [0.15, 0.2) is 60.8 Å². The minimum Gasteiger partial charge on any atom is -0.494 e. The molecule has 2 saturated heterocycles. The van der Waals surface area contributed by atoms with Crippen molar-refractivity contribution in [3.63, 3.8) is 0 Å². The van der Waals surface area contributed by atoms with Crippen LogP contribution >= 0.6 is 0 Å². The summed E-state index contributed by atoms with van der Waals surface area (Å²) >= 11 is 0. The summed E-state index contributed by atoms with van der Waals surface area (Å²) in [6.07, 6.45) is 8.71. The van der Waals surface area contributed by atoms with Gasteiger partial charge in [0.05, 0.1) is 179 Å². The molecule has 0 spiro atoms. The lowest BCUT2D eigenvalue weighted by atomic mass is 9.93. The quantitative estimate of drug-likeness (QED) is 0.0186. The van der Waals surface area contributed by atoms with Gasteiger partial charge in [-0.2, -0.15) is 9.94 Å². The molecule has 7 rings (SSSR count). The van der Waals surface area contributed by atoms with Crippen LogP contribution in [0.25, 0.3) is 22.3 Å². The summed E-state index contributed by atoms with van der Waals surface area (Å²) in [6, 6.07) is 11.3. The summed E-state index contributed by atoms with van der Waals surface area (Å²) in [5.74, 6) is -1.38. The molecular formula is C62H90N14O15. The molecule has 91 heavy (non-hydrogen) atoms. The Hall–Kier alpha value is -7.02. The van der Waals surface area contributed by atoms with Crippen molar-refractivity contribution in [1.82, 2.24) is 64.6 Å². The van der Waals surface area contributed by atoms with Gasteiger partial charge in [-0.1, -0.05) is 35.5 Å². The fraction of sp³-hybridized carbons (Fsp3) is 0.613. The van der Waals surface area contributed by atoms with Crippen LogP contribution in [0.5, 0.6) is 5.75 Å². The predicted molar refractivity (Wildman–Crippen MR) is 331 cm³/mol. The molecule has 0 unspecified atom stereocenters. The smallest absolute Gasteiger partial charge is 0.295 e. The second kappa shape index (κ2) is 40.8. The molecule has 4 N–H and O–H groups in total. The summed E-state index contributed by atoms with van der Waals surface area (Å²) in [6.45, 7) is 16.5. The Morgan fingerprint density at radius 3 is 1.96 bits per heavy atom. The third kappa shape index (κ3) is 23.9. The molecule has 5 aromatic rings. The Bertz CT molecular complexity index is 3020. The Kier molecular flexibility index (Phi) is 32.0. The minimum atomic E-state index is -0.729. The number of nitriles is 1. The van der Waals surface area contributed by atoms with Crippen LogP contribution in [0.1, 0.15) is 71.3 Å². The number of Topliss-reactive ketones (excluding diaryl/α,β-unsaturated/α-hetero) is 2. The number of aromatic amines is 1. The van der Waals surface area contributed by atoms with Crippen LogP contribution in [-0.2, 0) is 60.6 Å². The number of nitrogens with one attached hydrogen (secondary N) is 2. The SMILES string of the molecule is COc1cnc(-n2cnc(C(=O)NCCCCN(CCN3CCN(CCOCCOCCOCCOCc4cn(CCOCCOCCOCCOCCC(C)=O)nn4)CC3)C(CO)CO)n2)c2[nH]cc(C(=O)C(=O)N3CCC(=C(C#N)c4ccccc4)CC3)c12.